The minimum absolute atomic E-state index is 0.0576. The molecule has 3 aromatic carbocycles. The molecule has 32 heavy (non-hydrogen) atoms. The highest BCUT2D eigenvalue weighted by Gasteiger charge is 2.17. The van der Waals surface area contributed by atoms with Gasteiger partial charge in [0.25, 0.3) is 0 Å². The summed E-state index contributed by atoms with van der Waals surface area (Å²) in [5.41, 5.74) is 5.11. The molecule has 5 nitrogen and oxygen atoms in total. The molecule has 0 N–H and O–H groups in total. The Morgan fingerprint density at radius 2 is 1.34 bits per heavy atom. The molecule has 0 spiro atoms. The van der Waals surface area contributed by atoms with E-state index >= 15 is 0 Å². The summed E-state index contributed by atoms with van der Waals surface area (Å²) in [4.78, 5) is 28.5. The van der Waals surface area contributed by atoms with E-state index < -0.39 is 11.9 Å². The van der Waals surface area contributed by atoms with Gasteiger partial charge in [0.2, 0.25) is 0 Å². The number of carbonyl (C=O) groups excluding carboxylic acids is 2. The van der Waals surface area contributed by atoms with E-state index in [4.69, 9.17) is 9.47 Å². The summed E-state index contributed by atoms with van der Waals surface area (Å²) in [6, 6.07) is 25.4. The molecule has 1 heterocycles. The van der Waals surface area contributed by atoms with Crippen molar-refractivity contribution in [3.63, 3.8) is 0 Å². The fourth-order valence-corrected chi connectivity index (χ4v) is 3.44. The van der Waals surface area contributed by atoms with E-state index in [2.05, 4.69) is 41.4 Å². The van der Waals surface area contributed by atoms with E-state index in [1.165, 1.54) is 25.8 Å². The molecule has 0 aliphatic heterocycles. The third kappa shape index (κ3) is 4.42. The summed E-state index contributed by atoms with van der Waals surface area (Å²) in [5, 5.41) is 0.603. The van der Waals surface area contributed by atoms with E-state index in [1.54, 1.807) is 6.07 Å². The molecule has 0 aliphatic rings. The fourth-order valence-electron chi connectivity index (χ4n) is 3.44. The molecule has 4 aromatic rings. The van der Waals surface area contributed by atoms with Gasteiger partial charge in [-0.15, -0.1) is 0 Å². The average molecular weight is 423 g/mol. The molecule has 0 bridgehead atoms. The van der Waals surface area contributed by atoms with Gasteiger partial charge in [-0.1, -0.05) is 72.8 Å². The van der Waals surface area contributed by atoms with Crippen molar-refractivity contribution in [2.24, 2.45) is 0 Å². The Balaban J connectivity index is 1.65. The lowest BCUT2D eigenvalue weighted by Crippen LogP contribution is -2.09. The summed E-state index contributed by atoms with van der Waals surface area (Å²) in [6.07, 6.45) is 3.97. The van der Waals surface area contributed by atoms with Crippen LogP contribution in [0.5, 0.6) is 0 Å². The number of fused-ring (bicyclic) bond motifs is 1. The Morgan fingerprint density at radius 1 is 0.719 bits per heavy atom. The van der Waals surface area contributed by atoms with Gasteiger partial charge in [0.15, 0.2) is 0 Å². The number of hydrogen-bond acceptors (Lipinski definition) is 5. The van der Waals surface area contributed by atoms with Crippen LogP contribution in [0.4, 0.5) is 0 Å². The third-order valence-corrected chi connectivity index (χ3v) is 5.12. The maximum Gasteiger partial charge on any atom is 0.356 e. The number of esters is 2. The van der Waals surface area contributed by atoms with E-state index in [9.17, 15) is 9.59 Å². The molecule has 0 fully saturated rings. The Labute approximate surface area is 185 Å². The van der Waals surface area contributed by atoms with Crippen LogP contribution in [-0.4, -0.2) is 31.1 Å². The first-order valence-corrected chi connectivity index (χ1v) is 10.0. The van der Waals surface area contributed by atoms with Gasteiger partial charge in [0, 0.05) is 5.39 Å². The topological polar surface area (TPSA) is 65.5 Å². The lowest BCUT2D eigenvalue weighted by molar-refractivity contribution is 0.0594. The minimum Gasteiger partial charge on any atom is -0.465 e. The number of benzene rings is 3. The monoisotopic (exact) mass is 423 g/mol. The number of hydrogen-bond donors (Lipinski definition) is 0. The molecule has 0 atom stereocenters. The van der Waals surface area contributed by atoms with Crippen molar-refractivity contribution in [1.82, 2.24) is 4.98 Å². The van der Waals surface area contributed by atoms with Gasteiger partial charge in [-0.2, -0.15) is 0 Å². The smallest absolute Gasteiger partial charge is 0.356 e. The van der Waals surface area contributed by atoms with Gasteiger partial charge in [-0.3, -0.25) is 0 Å². The third-order valence-electron chi connectivity index (χ3n) is 5.12. The molecule has 5 heteroatoms. The molecule has 0 radical (unpaired) electrons. The Kier molecular flexibility index (Phi) is 6.08. The number of carbonyl (C=O) groups is 2. The van der Waals surface area contributed by atoms with Gasteiger partial charge in [0.1, 0.15) is 5.69 Å². The highest BCUT2D eigenvalue weighted by atomic mass is 16.5. The normalized spacial score (nSPS) is 10.9. The van der Waals surface area contributed by atoms with Crippen LogP contribution in [0.15, 0.2) is 78.9 Å². The largest absolute Gasteiger partial charge is 0.465 e. The lowest BCUT2D eigenvalue weighted by Gasteiger charge is -2.08. The number of rotatable bonds is 5. The summed E-state index contributed by atoms with van der Waals surface area (Å²) < 4.78 is 9.63. The summed E-state index contributed by atoms with van der Waals surface area (Å²) in [7, 11) is 2.57. The molecule has 0 aliphatic carbocycles. The van der Waals surface area contributed by atoms with Gasteiger partial charge in [0.05, 0.1) is 25.3 Å². The van der Waals surface area contributed by atoms with Crippen molar-refractivity contribution in [3.8, 4) is 11.1 Å². The van der Waals surface area contributed by atoms with Crippen molar-refractivity contribution in [2.75, 3.05) is 14.2 Å². The summed E-state index contributed by atoms with van der Waals surface area (Å²) in [5.74, 6) is -1.15. The van der Waals surface area contributed by atoms with E-state index in [0.29, 0.717) is 10.9 Å². The molecular weight excluding hydrogens is 402 g/mol. The number of aromatic nitrogens is 1. The highest BCUT2D eigenvalue weighted by Crippen LogP contribution is 2.24. The van der Waals surface area contributed by atoms with Crippen LogP contribution < -0.4 is 0 Å². The van der Waals surface area contributed by atoms with Gasteiger partial charge in [-0.25, -0.2) is 14.6 Å². The molecule has 0 amide bonds. The standard InChI is InChI=1S/C27H21NO4/c1-31-26(29)23-17-25(27(30)32-2)28-24-15-12-19(16-22(23)24)9-8-18-10-13-21(14-11-18)20-6-4-3-5-7-20/h3-17H,1-2H3/b9-8+. The summed E-state index contributed by atoms with van der Waals surface area (Å²) in [6.45, 7) is 0. The van der Waals surface area contributed by atoms with E-state index in [-0.39, 0.29) is 11.3 Å². The van der Waals surface area contributed by atoms with Crippen LogP contribution in [0.25, 0.3) is 34.2 Å². The first-order valence-electron chi connectivity index (χ1n) is 10.0. The Bertz CT molecular complexity index is 1310. The van der Waals surface area contributed by atoms with Crippen LogP contribution in [0.2, 0.25) is 0 Å². The average Bonchev–Trinajstić information content (AvgIpc) is 2.86. The SMILES string of the molecule is COC(=O)c1cc(C(=O)OC)c2cc(/C=C/c3ccc(-c4ccccc4)cc3)ccc2n1. The van der Waals surface area contributed by atoms with Crippen LogP contribution in [-0.2, 0) is 9.47 Å². The van der Waals surface area contributed by atoms with E-state index in [1.807, 2.05) is 42.5 Å². The quantitative estimate of drug-likeness (QED) is 0.307. The zero-order valence-electron chi connectivity index (χ0n) is 17.7. The van der Waals surface area contributed by atoms with E-state index in [0.717, 1.165) is 16.7 Å². The van der Waals surface area contributed by atoms with Crippen molar-refractivity contribution in [1.29, 1.82) is 0 Å². The van der Waals surface area contributed by atoms with Crippen LogP contribution in [0.1, 0.15) is 32.0 Å². The maximum atomic E-state index is 12.3. The number of methoxy groups -OCH3 is 2. The zero-order chi connectivity index (χ0) is 22.5. The molecule has 0 saturated heterocycles. The number of pyridine rings is 1. The highest BCUT2D eigenvalue weighted by molar-refractivity contribution is 6.06. The van der Waals surface area contributed by atoms with Gasteiger partial charge in [-0.05, 0) is 40.5 Å². The van der Waals surface area contributed by atoms with Crippen molar-refractivity contribution in [3.05, 3.63) is 101 Å². The predicted molar refractivity (Wildman–Crippen MR) is 125 cm³/mol. The minimum atomic E-state index is -0.611. The maximum absolute atomic E-state index is 12.3. The second kappa shape index (κ2) is 9.27. The number of ether oxygens (including phenoxy) is 2. The molecular formula is C27H21NO4. The molecule has 4 rings (SSSR count). The fraction of sp³-hybridized carbons (Fsp3) is 0.0741. The molecule has 158 valence electrons. The van der Waals surface area contributed by atoms with Gasteiger partial charge >= 0.3 is 11.9 Å². The second-order valence-electron chi connectivity index (χ2n) is 7.14. The van der Waals surface area contributed by atoms with Crippen molar-refractivity contribution >= 4 is 35.0 Å². The molecule has 1 aromatic heterocycles. The van der Waals surface area contributed by atoms with Crippen LogP contribution in [0.3, 0.4) is 0 Å². The first kappa shape index (κ1) is 21.0. The summed E-state index contributed by atoms with van der Waals surface area (Å²) >= 11 is 0. The van der Waals surface area contributed by atoms with Crippen LogP contribution in [0, 0.1) is 0 Å². The molecule has 0 saturated carbocycles. The van der Waals surface area contributed by atoms with Gasteiger partial charge < -0.3 is 9.47 Å². The van der Waals surface area contributed by atoms with Crippen molar-refractivity contribution in [2.45, 2.75) is 0 Å². The zero-order valence-corrected chi connectivity index (χ0v) is 17.7. The first-order chi connectivity index (χ1) is 15.6. The van der Waals surface area contributed by atoms with Crippen molar-refractivity contribution < 1.29 is 19.1 Å². The lowest BCUT2D eigenvalue weighted by atomic mass is 10.0. The number of nitrogens with zero attached hydrogens (tertiary/aromatic N) is 1. The molecule has 0 unspecified atom stereocenters. The Hall–Kier alpha value is -4.25. The Morgan fingerprint density at radius 3 is 2.03 bits per heavy atom. The van der Waals surface area contributed by atoms with Crippen LogP contribution >= 0.6 is 0 Å². The second-order valence-corrected chi connectivity index (χ2v) is 7.14. The predicted octanol–water partition coefficient (Wildman–Crippen LogP) is 5.65.